The average molecular weight is 288 g/mol. The third kappa shape index (κ3) is 6.23. The number of aliphatic carboxylic acids is 1. The Morgan fingerprint density at radius 3 is 2.15 bits per heavy atom. The first-order chi connectivity index (χ1) is 9.51. The van der Waals surface area contributed by atoms with Crippen molar-refractivity contribution in [2.75, 3.05) is 33.4 Å². The van der Waals surface area contributed by atoms with Crippen LogP contribution in [0.5, 0.6) is 0 Å². The van der Waals surface area contributed by atoms with E-state index in [0.29, 0.717) is 19.7 Å². The number of hydrogen-bond acceptors (Lipinski definition) is 3. The molecule has 0 aliphatic rings. The van der Waals surface area contributed by atoms with Crippen molar-refractivity contribution in [1.82, 2.24) is 9.80 Å². The van der Waals surface area contributed by atoms with Crippen LogP contribution in [0, 0.1) is 0 Å². The lowest BCUT2D eigenvalue weighted by Gasteiger charge is -2.35. The molecule has 2 amide bonds. The number of hydrogen-bond donors (Lipinski definition) is 1. The fraction of sp³-hybridized carbons (Fsp3) is 0.857. The highest BCUT2D eigenvalue weighted by atomic mass is 16.5. The molecule has 0 radical (unpaired) electrons. The molecule has 118 valence electrons. The number of carboxylic acid groups (broad SMARTS) is 1. The van der Waals surface area contributed by atoms with Gasteiger partial charge in [-0.2, -0.15) is 0 Å². The number of carbonyl (C=O) groups excluding carboxylic acids is 1. The summed E-state index contributed by atoms with van der Waals surface area (Å²) >= 11 is 0. The Balaban J connectivity index is 4.82. The zero-order valence-electron chi connectivity index (χ0n) is 13.1. The van der Waals surface area contributed by atoms with E-state index in [-0.39, 0.29) is 25.0 Å². The normalized spacial score (nSPS) is 10.7. The molecule has 1 N–H and O–H groups in total. The van der Waals surface area contributed by atoms with E-state index in [4.69, 9.17) is 9.84 Å². The molecule has 0 aliphatic heterocycles. The summed E-state index contributed by atoms with van der Waals surface area (Å²) in [6.07, 6.45) is 1.73. The van der Waals surface area contributed by atoms with Crippen LogP contribution in [-0.4, -0.2) is 66.3 Å². The molecule has 6 nitrogen and oxygen atoms in total. The summed E-state index contributed by atoms with van der Waals surface area (Å²) in [7, 11) is 1.61. The first-order valence-corrected chi connectivity index (χ1v) is 7.27. The van der Waals surface area contributed by atoms with Crippen LogP contribution in [0.25, 0.3) is 0 Å². The van der Waals surface area contributed by atoms with Crippen molar-refractivity contribution in [2.24, 2.45) is 0 Å². The molecular formula is C14H28N2O4. The summed E-state index contributed by atoms with van der Waals surface area (Å²) < 4.78 is 5.07. The van der Waals surface area contributed by atoms with Gasteiger partial charge in [0.2, 0.25) is 0 Å². The second-order valence-electron chi connectivity index (χ2n) is 4.66. The summed E-state index contributed by atoms with van der Waals surface area (Å²) in [6, 6.07) is 0.0658. The third-order valence-corrected chi connectivity index (χ3v) is 3.41. The van der Waals surface area contributed by atoms with Crippen LogP contribution in [0.4, 0.5) is 4.79 Å². The Bertz CT molecular complexity index is 293. The van der Waals surface area contributed by atoms with Gasteiger partial charge in [0.15, 0.2) is 0 Å². The lowest BCUT2D eigenvalue weighted by molar-refractivity contribution is -0.137. The van der Waals surface area contributed by atoms with Crippen molar-refractivity contribution in [1.29, 1.82) is 0 Å². The van der Waals surface area contributed by atoms with Gasteiger partial charge in [-0.1, -0.05) is 13.8 Å². The molecule has 6 heteroatoms. The summed E-state index contributed by atoms with van der Waals surface area (Å²) in [5.74, 6) is -0.887. The SMILES string of the molecule is CCC(CC)N(CCOC)C(=O)N(CC)CCC(=O)O. The van der Waals surface area contributed by atoms with Gasteiger partial charge < -0.3 is 19.6 Å². The summed E-state index contributed by atoms with van der Waals surface area (Å²) in [5.41, 5.74) is 0. The standard InChI is InChI=1S/C14H28N2O4/c1-5-12(6-2)16(10-11-20-4)14(19)15(7-3)9-8-13(17)18/h12H,5-11H2,1-4H3,(H,17,18). The summed E-state index contributed by atoms with van der Waals surface area (Å²) in [5, 5.41) is 8.75. The molecule has 0 atom stereocenters. The van der Waals surface area contributed by atoms with E-state index in [2.05, 4.69) is 13.8 Å². The molecule has 0 unspecified atom stereocenters. The summed E-state index contributed by atoms with van der Waals surface area (Å²) in [4.78, 5) is 26.6. The fourth-order valence-electron chi connectivity index (χ4n) is 2.15. The van der Waals surface area contributed by atoms with Crippen LogP contribution < -0.4 is 0 Å². The molecule has 20 heavy (non-hydrogen) atoms. The highest BCUT2D eigenvalue weighted by Crippen LogP contribution is 2.12. The van der Waals surface area contributed by atoms with E-state index in [9.17, 15) is 9.59 Å². The average Bonchev–Trinajstić information content (AvgIpc) is 2.43. The first-order valence-electron chi connectivity index (χ1n) is 7.27. The maximum Gasteiger partial charge on any atom is 0.320 e. The number of amides is 2. The van der Waals surface area contributed by atoms with E-state index >= 15 is 0 Å². The van der Waals surface area contributed by atoms with Gasteiger partial charge in [-0.25, -0.2) is 4.79 Å². The van der Waals surface area contributed by atoms with Crippen LogP contribution in [0.1, 0.15) is 40.0 Å². The smallest absolute Gasteiger partial charge is 0.320 e. The summed E-state index contributed by atoms with van der Waals surface area (Å²) in [6.45, 7) is 7.73. The van der Waals surface area contributed by atoms with Crippen LogP contribution in [0.3, 0.4) is 0 Å². The third-order valence-electron chi connectivity index (χ3n) is 3.41. The first kappa shape index (κ1) is 18.7. The quantitative estimate of drug-likeness (QED) is 0.668. The highest BCUT2D eigenvalue weighted by Gasteiger charge is 2.25. The monoisotopic (exact) mass is 288 g/mol. The predicted molar refractivity (Wildman–Crippen MR) is 77.8 cm³/mol. The van der Waals surface area contributed by atoms with E-state index in [0.717, 1.165) is 12.8 Å². The minimum absolute atomic E-state index is 0.0272. The maximum atomic E-state index is 12.6. The molecule has 0 bridgehead atoms. The van der Waals surface area contributed by atoms with Crippen LogP contribution in [-0.2, 0) is 9.53 Å². The Kier molecular flexibility index (Phi) is 9.80. The van der Waals surface area contributed by atoms with Crippen LogP contribution in [0.2, 0.25) is 0 Å². The molecule has 0 aliphatic carbocycles. The Hall–Kier alpha value is -1.30. The van der Waals surface area contributed by atoms with Crippen molar-refractivity contribution in [2.45, 2.75) is 46.1 Å². The van der Waals surface area contributed by atoms with Gasteiger partial charge in [0.1, 0.15) is 0 Å². The lowest BCUT2D eigenvalue weighted by atomic mass is 10.1. The number of carboxylic acids is 1. The number of rotatable bonds is 10. The molecule has 0 saturated heterocycles. The zero-order chi connectivity index (χ0) is 15.5. The van der Waals surface area contributed by atoms with Gasteiger partial charge in [0.25, 0.3) is 0 Å². The second-order valence-corrected chi connectivity index (χ2v) is 4.66. The Morgan fingerprint density at radius 1 is 1.15 bits per heavy atom. The van der Waals surface area contributed by atoms with Crippen LogP contribution in [0.15, 0.2) is 0 Å². The number of urea groups is 1. The Labute approximate surface area is 121 Å². The lowest BCUT2D eigenvalue weighted by Crippen LogP contribution is -2.49. The molecule has 0 rings (SSSR count). The van der Waals surface area contributed by atoms with Crippen molar-refractivity contribution in [3.63, 3.8) is 0 Å². The van der Waals surface area contributed by atoms with Crippen LogP contribution >= 0.6 is 0 Å². The molecule has 0 spiro atoms. The molecule has 0 fully saturated rings. The number of methoxy groups -OCH3 is 1. The van der Waals surface area contributed by atoms with Crippen molar-refractivity contribution in [3.05, 3.63) is 0 Å². The largest absolute Gasteiger partial charge is 0.481 e. The van der Waals surface area contributed by atoms with Gasteiger partial charge in [-0.15, -0.1) is 0 Å². The molecule has 0 aromatic rings. The van der Waals surface area contributed by atoms with Crippen molar-refractivity contribution >= 4 is 12.0 Å². The Morgan fingerprint density at radius 2 is 1.75 bits per heavy atom. The minimum Gasteiger partial charge on any atom is -0.481 e. The van der Waals surface area contributed by atoms with Gasteiger partial charge in [0, 0.05) is 32.8 Å². The molecule has 0 aromatic heterocycles. The van der Waals surface area contributed by atoms with Gasteiger partial charge in [0.05, 0.1) is 13.0 Å². The number of ether oxygens (including phenoxy) is 1. The second kappa shape index (κ2) is 10.5. The minimum atomic E-state index is -0.887. The molecular weight excluding hydrogens is 260 g/mol. The maximum absolute atomic E-state index is 12.6. The topological polar surface area (TPSA) is 70.1 Å². The van der Waals surface area contributed by atoms with Gasteiger partial charge in [-0.3, -0.25) is 4.79 Å². The number of carbonyl (C=O) groups is 2. The molecule has 0 aromatic carbocycles. The predicted octanol–water partition coefficient (Wildman–Crippen LogP) is 2.04. The van der Waals surface area contributed by atoms with E-state index < -0.39 is 5.97 Å². The van der Waals surface area contributed by atoms with E-state index in [1.165, 1.54) is 0 Å². The van der Waals surface area contributed by atoms with E-state index in [1.54, 1.807) is 16.9 Å². The highest BCUT2D eigenvalue weighted by molar-refractivity contribution is 5.75. The number of nitrogens with zero attached hydrogens (tertiary/aromatic N) is 2. The van der Waals surface area contributed by atoms with Gasteiger partial charge in [-0.05, 0) is 19.8 Å². The van der Waals surface area contributed by atoms with Gasteiger partial charge >= 0.3 is 12.0 Å². The molecule has 0 heterocycles. The van der Waals surface area contributed by atoms with Crippen molar-refractivity contribution in [3.8, 4) is 0 Å². The van der Waals surface area contributed by atoms with Crippen molar-refractivity contribution < 1.29 is 19.4 Å². The fourth-order valence-corrected chi connectivity index (χ4v) is 2.15. The zero-order valence-corrected chi connectivity index (χ0v) is 13.1. The van der Waals surface area contributed by atoms with E-state index in [1.807, 2.05) is 6.92 Å². The molecule has 0 saturated carbocycles.